The smallest absolute Gasteiger partial charge is 0.229 e. The number of anilines is 1. The van der Waals surface area contributed by atoms with Gasteiger partial charge in [0.2, 0.25) is 5.91 Å². The molecule has 0 fully saturated rings. The number of hydrogen-bond acceptors (Lipinski definition) is 3. The predicted molar refractivity (Wildman–Crippen MR) is 72.7 cm³/mol. The van der Waals surface area contributed by atoms with Crippen molar-refractivity contribution in [2.45, 2.75) is 12.5 Å². The van der Waals surface area contributed by atoms with Crippen LogP contribution in [0.5, 0.6) is 0 Å². The molecule has 0 bridgehead atoms. The van der Waals surface area contributed by atoms with Crippen LogP contribution in [0, 0.1) is 0 Å². The Morgan fingerprint density at radius 2 is 2.32 bits per heavy atom. The first kappa shape index (κ1) is 11.8. The molecule has 2 N–H and O–H groups in total. The quantitative estimate of drug-likeness (QED) is 0.868. The minimum atomic E-state index is -0.111. The van der Waals surface area contributed by atoms with Crippen LogP contribution >= 0.6 is 0 Å². The minimum Gasteiger partial charge on any atom is -0.384 e. The molecule has 3 rings (SSSR count). The van der Waals surface area contributed by atoms with Gasteiger partial charge in [0.25, 0.3) is 0 Å². The molecule has 1 aliphatic rings. The fourth-order valence-corrected chi connectivity index (χ4v) is 2.38. The van der Waals surface area contributed by atoms with Gasteiger partial charge in [0.15, 0.2) is 0 Å². The van der Waals surface area contributed by atoms with Crippen molar-refractivity contribution >= 4 is 11.6 Å². The average molecular weight is 256 g/mol. The van der Waals surface area contributed by atoms with Gasteiger partial charge in [-0.25, -0.2) is 0 Å². The molecule has 1 aromatic heterocycles. The van der Waals surface area contributed by atoms with Crippen molar-refractivity contribution in [1.82, 2.24) is 15.1 Å². The molecule has 0 radical (unpaired) electrons. The van der Waals surface area contributed by atoms with E-state index in [2.05, 4.69) is 15.7 Å². The number of benzene rings is 1. The second-order valence-corrected chi connectivity index (χ2v) is 4.72. The Morgan fingerprint density at radius 3 is 3.11 bits per heavy atom. The van der Waals surface area contributed by atoms with Crippen LogP contribution in [0.2, 0.25) is 0 Å². The average Bonchev–Trinajstić information content (AvgIpc) is 3.02. The summed E-state index contributed by atoms with van der Waals surface area (Å²) in [7, 11) is 1.86. The highest BCUT2D eigenvalue weighted by molar-refractivity contribution is 5.88. The van der Waals surface area contributed by atoms with Gasteiger partial charge in [0, 0.05) is 25.5 Å². The molecule has 1 aliphatic heterocycles. The Bertz CT molecular complexity index is 605. The van der Waals surface area contributed by atoms with Crippen LogP contribution in [0.15, 0.2) is 36.5 Å². The topological polar surface area (TPSA) is 59.0 Å². The molecule has 0 saturated carbocycles. The summed E-state index contributed by atoms with van der Waals surface area (Å²) >= 11 is 0. The fourth-order valence-electron chi connectivity index (χ4n) is 2.38. The van der Waals surface area contributed by atoms with E-state index >= 15 is 0 Å². The second-order valence-electron chi connectivity index (χ2n) is 4.72. The highest BCUT2D eigenvalue weighted by Crippen LogP contribution is 2.30. The number of hydrogen-bond donors (Lipinski definition) is 2. The molecule has 98 valence electrons. The summed E-state index contributed by atoms with van der Waals surface area (Å²) in [6, 6.07) is 9.84. The van der Waals surface area contributed by atoms with Crippen molar-refractivity contribution < 1.29 is 4.79 Å². The van der Waals surface area contributed by atoms with Crippen LogP contribution in [0.3, 0.4) is 0 Å². The van der Waals surface area contributed by atoms with E-state index < -0.39 is 0 Å². The third kappa shape index (κ3) is 2.31. The van der Waals surface area contributed by atoms with Crippen molar-refractivity contribution in [3.05, 3.63) is 47.8 Å². The zero-order chi connectivity index (χ0) is 13.2. The zero-order valence-electron chi connectivity index (χ0n) is 10.8. The number of rotatable bonds is 3. The third-order valence-corrected chi connectivity index (χ3v) is 3.36. The number of aromatic nitrogens is 2. The zero-order valence-corrected chi connectivity index (χ0v) is 10.8. The van der Waals surface area contributed by atoms with Crippen molar-refractivity contribution in [3.63, 3.8) is 0 Å². The Hall–Kier alpha value is -2.30. The maximum absolute atomic E-state index is 12.2. The standard InChI is InChI=1S/C14H16N4O/c1-18-7-6-10(17-18)8-16-14(19)12-9-15-13-5-3-2-4-11(12)13/h2-7,12,15H,8-9H2,1H3,(H,16,19). The Kier molecular flexibility index (Phi) is 2.95. The number of nitrogens with zero attached hydrogens (tertiary/aromatic N) is 2. The highest BCUT2D eigenvalue weighted by atomic mass is 16.1. The molecule has 1 unspecified atom stereocenters. The maximum atomic E-state index is 12.2. The van der Waals surface area contributed by atoms with Gasteiger partial charge in [-0.3, -0.25) is 9.48 Å². The van der Waals surface area contributed by atoms with Crippen molar-refractivity contribution in [2.75, 3.05) is 11.9 Å². The molecule has 0 aliphatic carbocycles. The maximum Gasteiger partial charge on any atom is 0.229 e. The summed E-state index contributed by atoms with van der Waals surface area (Å²) < 4.78 is 1.73. The van der Waals surface area contributed by atoms with Gasteiger partial charge in [-0.2, -0.15) is 5.10 Å². The minimum absolute atomic E-state index is 0.0445. The molecule has 2 heterocycles. The molecule has 2 aromatic rings. The predicted octanol–water partition coefficient (Wildman–Crippen LogP) is 1.25. The summed E-state index contributed by atoms with van der Waals surface area (Å²) in [5.41, 5.74) is 3.00. The first-order valence-corrected chi connectivity index (χ1v) is 6.33. The van der Waals surface area contributed by atoms with Crippen LogP contribution in [-0.4, -0.2) is 22.2 Å². The summed E-state index contributed by atoms with van der Waals surface area (Å²) in [5.74, 6) is -0.0667. The van der Waals surface area contributed by atoms with E-state index in [9.17, 15) is 4.79 Å². The Labute approximate surface area is 111 Å². The molecule has 5 heteroatoms. The Balaban J connectivity index is 1.66. The van der Waals surface area contributed by atoms with Crippen LogP contribution < -0.4 is 10.6 Å². The SMILES string of the molecule is Cn1ccc(CNC(=O)C2CNc3ccccc32)n1. The van der Waals surface area contributed by atoms with Gasteiger partial charge < -0.3 is 10.6 Å². The van der Waals surface area contributed by atoms with Gasteiger partial charge >= 0.3 is 0 Å². The van der Waals surface area contributed by atoms with E-state index in [0.717, 1.165) is 16.9 Å². The monoisotopic (exact) mass is 256 g/mol. The number of fused-ring (bicyclic) bond motifs is 1. The van der Waals surface area contributed by atoms with E-state index in [-0.39, 0.29) is 11.8 Å². The number of para-hydroxylation sites is 1. The molecule has 1 aromatic carbocycles. The number of carbonyl (C=O) groups is 1. The normalized spacial score (nSPS) is 16.8. The van der Waals surface area contributed by atoms with Crippen molar-refractivity contribution in [2.24, 2.45) is 7.05 Å². The molecular weight excluding hydrogens is 240 g/mol. The lowest BCUT2D eigenvalue weighted by Crippen LogP contribution is -2.30. The summed E-state index contributed by atoms with van der Waals surface area (Å²) in [5, 5.41) is 10.4. The van der Waals surface area contributed by atoms with E-state index in [1.807, 2.05) is 43.6 Å². The number of carbonyl (C=O) groups excluding carboxylic acids is 1. The van der Waals surface area contributed by atoms with E-state index in [4.69, 9.17) is 0 Å². The van der Waals surface area contributed by atoms with Gasteiger partial charge in [-0.1, -0.05) is 18.2 Å². The number of aryl methyl sites for hydroxylation is 1. The highest BCUT2D eigenvalue weighted by Gasteiger charge is 2.27. The van der Waals surface area contributed by atoms with Crippen LogP contribution in [0.25, 0.3) is 0 Å². The van der Waals surface area contributed by atoms with Crippen LogP contribution in [0.4, 0.5) is 5.69 Å². The molecule has 19 heavy (non-hydrogen) atoms. The second kappa shape index (κ2) is 4.76. The van der Waals surface area contributed by atoms with E-state index in [0.29, 0.717) is 13.1 Å². The van der Waals surface area contributed by atoms with Crippen molar-refractivity contribution in [1.29, 1.82) is 0 Å². The van der Waals surface area contributed by atoms with Gasteiger partial charge in [0.05, 0.1) is 18.2 Å². The summed E-state index contributed by atoms with van der Waals surface area (Å²) in [6.45, 7) is 1.13. The summed E-state index contributed by atoms with van der Waals surface area (Å²) in [4.78, 5) is 12.2. The number of nitrogens with one attached hydrogen (secondary N) is 2. The van der Waals surface area contributed by atoms with Crippen molar-refractivity contribution in [3.8, 4) is 0 Å². The van der Waals surface area contributed by atoms with E-state index in [1.54, 1.807) is 4.68 Å². The lowest BCUT2D eigenvalue weighted by atomic mass is 10.0. The molecule has 5 nitrogen and oxygen atoms in total. The fraction of sp³-hybridized carbons (Fsp3) is 0.286. The largest absolute Gasteiger partial charge is 0.384 e. The van der Waals surface area contributed by atoms with Gasteiger partial charge in [0.1, 0.15) is 0 Å². The first-order chi connectivity index (χ1) is 9.24. The van der Waals surface area contributed by atoms with Gasteiger partial charge in [-0.05, 0) is 17.7 Å². The van der Waals surface area contributed by atoms with Crippen LogP contribution in [0.1, 0.15) is 17.2 Å². The van der Waals surface area contributed by atoms with E-state index in [1.165, 1.54) is 0 Å². The molecule has 1 amide bonds. The lowest BCUT2D eigenvalue weighted by Gasteiger charge is -2.10. The third-order valence-electron chi connectivity index (χ3n) is 3.36. The Morgan fingerprint density at radius 1 is 1.47 bits per heavy atom. The molecular formula is C14H16N4O. The van der Waals surface area contributed by atoms with Gasteiger partial charge in [-0.15, -0.1) is 0 Å². The number of amides is 1. The first-order valence-electron chi connectivity index (χ1n) is 6.33. The summed E-state index contributed by atoms with van der Waals surface area (Å²) in [6.07, 6.45) is 1.87. The molecule has 0 saturated heterocycles. The van der Waals surface area contributed by atoms with Crippen LogP contribution in [-0.2, 0) is 18.4 Å². The molecule has 1 atom stereocenters. The lowest BCUT2D eigenvalue weighted by molar-refractivity contribution is -0.122. The molecule has 0 spiro atoms.